The second-order valence-corrected chi connectivity index (χ2v) is 4.89. The zero-order chi connectivity index (χ0) is 12.4. The van der Waals surface area contributed by atoms with Crippen molar-refractivity contribution >= 4 is 40.8 Å². The van der Waals surface area contributed by atoms with Gasteiger partial charge in [-0.1, -0.05) is 23.2 Å². The predicted octanol–water partition coefficient (Wildman–Crippen LogP) is 2.71. The molecule has 2 rings (SSSR count). The molecule has 0 aliphatic carbocycles. The molecule has 0 spiro atoms. The Morgan fingerprint density at radius 3 is 2.71 bits per heavy atom. The normalized spacial score (nSPS) is 10.6. The third-order valence-corrected chi connectivity index (χ3v) is 3.74. The van der Waals surface area contributed by atoms with Gasteiger partial charge in [-0.25, -0.2) is 14.6 Å². The van der Waals surface area contributed by atoms with Crippen LogP contribution in [-0.4, -0.2) is 26.8 Å². The number of aromatic nitrogens is 4. The van der Waals surface area contributed by atoms with Gasteiger partial charge in [0.05, 0.1) is 10.0 Å². The lowest BCUT2D eigenvalue weighted by Gasteiger charge is -2.07. The van der Waals surface area contributed by atoms with Crippen LogP contribution >= 0.6 is 35.0 Å². The molecule has 8 heteroatoms. The summed E-state index contributed by atoms with van der Waals surface area (Å²) < 4.78 is 1.65. The van der Waals surface area contributed by atoms with E-state index in [-0.39, 0.29) is 0 Å². The van der Waals surface area contributed by atoms with Crippen molar-refractivity contribution in [2.75, 3.05) is 12.4 Å². The Morgan fingerprint density at radius 1 is 1.35 bits per heavy atom. The van der Waals surface area contributed by atoms with Crippen LogP contribution in [0.1, 0.15) is 0 Å². The molecule has 0 unspecified atom stereocenters. The van der Waals surface area contributed by atoms with Gasteiger partial charge in [-0.3, -0.25) is 0 Å². The summed E-state index contributed by atoms with van der Waals surface area (Å²) in [7, 11) is 3.55. The number of rotatable bonds is 3. The fourth-order valence-corrected chi connectivity index (χ4v) is 2.48. The van der Waals surface area contributed by atoms with Gasteiger partial charge in [0.15, 0.2) is 5.16 Å². The summed E-state index contributed by atoms with van der Waals surface area (Å²) in [5, 5.41) is 9.20. The van der Waals surface area contributed by atoms with Gasteiger partial charge in [-0.05, 0) is 17.8 Å². The van der Waals surface area contributed by atoms with E-state index >= 15 is 0 Å². The minimum absolute atomic E-state index is 0.486. The summed E-state index contributed by atoms with van der Waals surface area (Å²) in [6, 6.07) is 1.65. The maximum absolute atomic E-state index is 6.07. The molecule has 1 N–H and O–H groups in total. The van der Waals surface area contributed by atoms with Crippen molar-refractivity contribution < 1.29 is 0 Å². The molecule has 0 amide bonds. The number of halogens is 2. The molecule has 5 nitrogen and oxygen atoms in total. The summed E-state index contributed by atoms with van der Waals surface area (Å²) in [5.74, 6) is 0.584. The molecular weight excluding hydrogens is 281 g/mol. The molecule has 90 valence electrons. The largest absolute Gasteiger partial charge is 0.372 e. The van der Waals surface area contributed by atoms with E-state index in [4.69, 9.17) is 23.2 Å². The number of hydrogen-bond acceptors (Lipinski definition) is 5. The Hall–Kier alpha value is -0.980. The molecule has 0 fully saturated rings. The zero-order valence-electron chi connectivity index (χ0n) is 9.11. The molecule has 0 bridgehead atoms. The molecule has 0 aliphatic rings. The fraction of sp³-hybridized carbons (Fsp3) is 0.222. The molecule has 0 saturated carbocycles. The highest BCUT2D eigenvalue weighted by molar-refractivity contribution is 7.99. The van der Waals surface area contributed by atoms with Crippen LogP contribution in [-0.2, 0) is 7.05 Å². The van der Waals surface area contributed by atoms with E-state index < -0.39 is 0 Å². The Kier molecular flexibility index (Phi) is 3.76. The van der Waals surface area contributed by atoms with Crippen LogP contribution in [0, 0.1) is 0 Å². The van der Waals surface area contributed by atoms with E-state index in [2.05, 4.69) is 20.4 Å². The van der Waals surface area contributed by atoms with Gasteiger partial charge in [0, 0.05) is 14.1 Å². The van der Waals surface area contributed by atoms with E-state index in [1.807, 2.05) is 0 Å². The van der Waals surface area contributed by atoms with Crippen LogP contribution in [0.5, 0.6) is 0 Å². The highest BCUT2D eigenvalue weighted by Gasteiger charge is 2.12. The van der Waals surface area contributed by atoms with Crippen molar-refractivity contribution in [1.82, 2.24) is 19.7 Å². The van der Waals surface area contributed by atoms with E-state index in [9.17, 15) is 0 Å². The van der Waals surface area contributed by atoms with Crippen LogP contribution in [0.3, 0.4) is 0 Å². The maximum atomic E-state index is 6.07. The average Bonchev–Trinajstić information content (AvgIpc) is 2.68. The van der Waals surface area contributed by atoms with Crippen LogP contribution in [0.4, 0.5) is 5.82 Å². The van der Waals surface area contributed by atoms with Crippen molar-refractivity contribution in [2.45, 2.75) is 10.2 Å². The van der Waals surface area contributed by atoms with Crippen molar-refractivity contribution in [2.24, 2.45) is 7.05 Å². The molecule has 17 heavy (non-hydrogen) atoms. The van der Waals surface area contributed by atoms with Crippen molar-refractivity contribution in [1.29, 1.82) is 0 Å². The van der Waals surface area contributed by atoms with Gasteiger partial charge < -0.3 is 5.32 Å². The summed E-state index contributed by atoms with van der Waals surface area (Å²) >= 11 is 13.4. The Bertz CT molecular complexity index is 542. The summed E-state index contributed by atoms with van der Waals surface area (Å²) in [5.41, 5.74) is 0. The SMILES string of the molecule is CNc1nc(Sc2ncnn2C)c(Cl)cc1Cl. The first kappa shape index (κ1) is 12.5. The molecule has 0 saturated heterocycles. The van der Waals surface area contributed by atoms with E-state index in [0.29, 0.717) is 26.0 Å². The zero-order valence-corrected chi connectivity index (χ0v) is 11.4. The monoisotopic (exact) mass is 289 g/mol. The molecule has 2 heterocycles. The number of nitrogens with zero attached hydrogens (tertiary/aromatic N) is 4. The van der Waals surface area contributed by atoms with Crippen LogP contribution in [0.15, 0.2) is 22.6 Å². The van der Waals surface area contributed by atoms with E-state index in [1.165, 1.54) is 18.1 Å². The van der Waals surface area contributed by atoms with Gasteiger partial charge in [-0.15, -0.1) is 0 Å². The first-order valence-electron chi connectivity index (χ1n) is 4.67. The minimum atomic E-state index is 0.486. The van der Waals surface area contributed by atoms with Gasteiger partial charge in [0.2, 0.25) is 0 Å². The molecule has 0 atom stereocenters. The fourth-order valence-electron chi connectivity index (χ4n) is 1.16. The minimum Gasteiger partial charge on any atom is -0.372 e. The predicted molar refractivity (Wildman–Crippen MR) is 68.9 cm³/mol. The smallest absolute Gasteiger partial charge is 0.192 e. The highest BCUT2D eigenvalue weighted by atomic mass is 35.5. The van der Waals surface area contributed by atoms with E-state index in [0.717, 1.165) is 0 Å². The van der Waals surface area contributed by atoms with Gasteiger partial charge >= 0.3 is 0 Å². The van der Waals surface area contributed by atoms with E-state index in [1.54, 1.807) is 24.8 Å². The molecule has 0 radical (unpaired) electrons. The molecule has 2 aromatic rings. The lowest BCUT2D eigenvalue weighted by Crippen LogP contribution is -1.97. The van der Waals surface area contributed by atoms with Gasteiger partial charge in [0.25, 0.3) is 0 Å². The Morgan fingerprint density at radius 2 is 2.12 bits per heavy atom. The lowest BCUT2D eigenvalue weighted by molar-refractivity contribution is 0.684. The standard InChI is InChI=1S/C9H9Cl2N5S/c1-12-7-5(10)3-6(11)8(15-7)17-9-13-4-14-16(9)2/h3-4H,1-2H3,(H,12,15). The molecule has 0 aliphatic heterocycles. The summed E-state index contributed by atoms with van der Waals surface area (Å²) in [6.07, 6.45) is 1.48. The first-order valence-corrected chi connectivity index (χ1v) is 6.24. The highest BCUT2D eigenvalue weighted by Crippen LogP contribution is 2.34. The van der Waals surface area contributed by atoms with Crippen LogP contribution in [0.2, 0.25) is 10.0 Å². The number of aryl methyl sites for hydroxylation is 1. The Balaban J connectivity index is 2.36. The van der Waals surface area contributed by atoms with Crippen LogP contribution < -0.4 is 5.32 Å². The van der Waals surface area contributed by atoms with Crippen LogP contribution in [0.25, 0.3) is 0 Å². The average molecular weight is 290 g/mol. The number of nitrogens with one attached hydrogen (secondary N) is 1. The molecular formula is C9H9Cl2N5S. The second kappa shape index (κ2) is 5.12. The van der Waals surface area contributed by atoms with Gasteiger partial charge in [0.1, 0.15) is 17.2 Å². The second-order valence-electron chi connectivity index (χ2n) is 3.12. The number of anilines is 1. The maximum Gasteiger partial charge on any atom is 0.192 e. The number of hydrogen-bond donors (Lipinski definition) is 1. The van der Waals surface area contributed by atoms with Crippen molar-refractivity contribution in [3.05, 3.63) is 22.4 Å². The Labute approximate surface area is 113 Å². The third kappa shape index (κ3) is 2.65. The quantitative estimate of drug-likeness (QED) is 0.942. The molecule has 2 aromatic heterocycles. The number of pyridine rings is 1. The summed E-state index contributed by atoms with van der Waals surface area (Å²) in [4.78, 5) is 8.41. The van der Waals surface area contributed by atoms with Gasteiger partial charge in [-0.2, -0.15) is 5.10 Å². The first-order chi connectivity index (χ1) is 8.11. The third-order valence-electron chi connectivity index (χ3n) is 1.99. The van der Waals surface area contributed by atoms with Crippen molar-refractivity contribution in [3.8, 4) is 0 Å². The molecule has 0 aromatic carbocycles. The topological polar surface area (TPSA) is 55.6 Å². The van der Waals surface area contributed by atoms with Crippen molar-refractivity contribution in [3.63, 3.8) is 0 Å². The summed E-state index contributed by atoms with van der Waals surface area (Å²) in [6.45, 7) is 0. The lowest BCUT2D eigenvalue weighted by atomic mass is 10.4.